The van der Waals surface area contributed by atoms with E-state index >= 15 is 0 Å². The number of nitrogens with two attached hydrogens (primary N) is 1. The van der Waals surface area contributed by atoms with E-state index in [1.807, 2.05) is 0 Å². The monoisotopic (exact) mass is 213 g/mol. The van der Waals surface area contributed by atoms with E-state index in [2.05, 4.69) is 0 Å². The third kappa shape index (κ3) is 2.91. The summed E-state index contributed by atoms with van der Waals surface area (Å²) in [6.07, 6.45) is 0. The average Bonchev–Trinajstić information content (AvgIpc) is 1.99. The fourth-order valence-corrected chi connectivity index (χ4v) is 1.34. The van der Waals surface area contributed by atoms with E-state index in [1.54, 1.807) is 0 Å². The molecule has 0 aromatic heterocycles. The van der Waals surface area contributed by atoms with E-state index < -0.39 is 11.3 Å². The number of anilines is 1. The molecule has 0 radical (unpaired) electrons. The van der Waals surface area contributed by atoms with Crippen molar-refractivity contribution >= 4 is 5.69 Å². The molecule has 0 heterocycles. The van der Waals surface area contributed by atoms with Gasteiger partial charge in [0.2, 0.25) is 0 Å². The second-order valence-corrected chi connectivity index (χ2v) is 4.79. The molecule has 2 N–H and O–H groups in total. The highest BCUT2D eigenvalue weighted by Crippen LogP contribution is 2.32. The van der Waals surface area contributed by atoms with E-state index in [0.29, 0.717) is 16.8 Å². The minimum atomic E-state index is -1.50. The molecule has 1 aromatic rings. The van der Waals surface area contributed by atoms with Crippen molar-refractivity contribution in [3.8, 4) is 0 Å². The molecule has 84 valence electrons. The summed E-state index contributed by atoms with van der Waals surface area (Å²) >= 11 is 0. The van der Waals surface area contributed by atoms with Crippen LogP contribution in [0, 0.1) is 0 Å². The van der Waals surface area contributed by atoms with Gasteiger partial charge >= 0.3 is 0 Å². The molecular formula is C12H17F2N. The summed E-state index contributed by atoms with van der Waals surface area (Å²) in [6, 6.07) is 4.60. The molecule has 0 saturated heterocycles. The van der Waals surface area contributed by atoms with Gasteiger partial charge in [-0.05, 0) is 57.0 Å². The van der Waals surface area contributed by atoms with Gasteiger partial charge in [-0.25, -0.2) is 8.78 Å². The zero-order valence-corrected chi connectivity index (χ0v) is 9.57. The van der Waals surface area contributed by atoms with Crippen molar-refractivity contribution in [3.63, 3.8) is 0 Å². The summed E-state index contributed by atoms with van der Waals surface area (Å²) in [5, 5.41) is 0. The lowest BCUT2D eigenvalue weighted by Gasteiger charge is -2.21. The first kappa shape index (κ1) is 12.0. The van der Waals surface area contributed by atoms with Crippen molar-refractivity contribution in [2.75, 3.05) is 5.73 Å². The summed E-state index contributed by atoms with van der Waals surface area (Å²) < 4.78 is 27.4. The van der Waals surface area contributed by atoms with Crippen molar-refractivity contribution in [1.82, 2.24) is 0 Å². The maximum atomic E-state index is 13.7. The first-order valence-electron chi connectivity index (χ1n) is 4.90. The third-order valence-corrected chi connectivity index (χ3v) is 2.33. The van der Waals surface area contributed by atoms with E-state index in [0.717, 1.165) is 0 Å². The SMILES string of the molecule is CC(C)(F)c1cc(N)cc(C(C)(C)F)c1. The van der Waals surface area contributed by atoms with Gasteiger partial charge in [-0.15, -0.1) is 0 Å². The number of halogens is 2. The molecule has 15 heavy (non-hydrogen) atoms. The summed E-state index contributed by atoms with van der Waals surface area (Å²) in [5.74, 6) is 0. The molecule has 0 fully saturated rings. The van der Waals surface area contributed by atoms with Gasteiger partial charge in [0, 0.05) is 5.69 Å². The van der Waals surface area contributed by atoms with Crippen LogP contribution in [-0.2, 0) is 11.3 Å². The second-order valence-electron chi connectivity index (χ2n) is 4.79. The number of rotatable bonds is 2. The lowest BCUT2D eigenvalue weighted by Crippen LogP contribution is -2.15. The van der Waals surface area contributed by atoms with Gasteiger partial charge < -0.3 is 5.73 Å². The molecule has 1 aromatic carbocycles. The summed E-state index contributed by atoms with van der Waals surface area (Å²) in [4.78, 5) is 0. The smallest absolute Gasteiger partial charge is 0.130 e. The largest absolute Gasteiger partial charge is 0.399 e. The topological polar surface area (TPSA) is 26.0 Å². The Morgan fingerprint density at radius 1 is 0.867 bits per heavy atom. The number of hydrogen-bond acceptors (Lipinski definition) is 1. The molecule has 0 unspecified atom stereocenters. The predicted molar refractivity (Wildman–Crippen MR) is 59.1 cm³/mol. The highest BCUT2D eigenvalue weighted by Gasteiger charge is 2.24. The maximum absolute atomic E-state index is 13.7. The number of benzene rings is 1. The Bertz CT molecular complexity index is 327. The van der Waals surface area contributed by atoms with E-state index in [9.17, 15) is 8.78 Å². The first-order valence-corrected chi connectivity index (χ1v) is 4.90. The fourth-order valence-electron chi connectivity index (χ4n) is 1.34. The third-order valence-electron chi connectivity index (χ3n) is 2.33. The minimum Gasteiger partial charge on any atom is -0.399 e. The number of alkyl halides is 2. The van der Waals surface area contributed by atoms with Crippen molar-refractivity contribution in [3.05, 3.63) is 29.3 Å². The van der Waals surface area contributed by atoms with Crippen molar-refractivity contribution in [1.29, 1.82) is 0 Å². The van der Waals surface area contributed by atoms with Crippen LogP contribution in [0.15, 0.2) is 18.2 Å². The van der Waals surface area contributed by atoms with Crippen LogP contribution < -0.4 is 5.73 Å². The zero-order chi connectivity index (χ0) is 11.9. The van der Waals surface area contributed by atoms with Crippen LogP contribution in [0.1, 0.15) is 38.8 Å². The molecule has 1 nitrogen and oxygen atoms in total. The van der Waals surface area contributed by atoms with Crippen LogP contribution in [0.5, 0.6) is 0 Å². The van der Waals surface area contributed by atoms with Gasteiger partial charge in [0.25, 0.3) is 0 Å². The van der Waals surface area contributed by atoms with Gasteiger partial charge in [0.15, 0.2) is 0 Å². The molecule has 0 amide bonds. The van der Waals surface area contributed by atoms with Crippen molar-refractivity contribution < 1.29 is 8.78 Å². The molecular weight excluding hydrogens is 196 g/mol. The quantitative estimate of drug-likeness (QED) is 0.745. The van der Waals surface area contributed by atoms with E-state index in [4.69, 9.17) is 5.73 Å². The van der Waals surface area contributed by atoms with Crippen LogP contribution in [0.2, 0.25) is 0 Å². The molecule has 0 aliphatic rings. The molecule has 0 aliphatic heterocycles. The highest BCUT2D eigenvalue weighted by molar-refractivity contribution is 5.47. The summed E-state index contributed by atoms with van der Waals surface area (Å²) in [7, 11) is 0. The maximum Gasteiger partial charge on any atom is 0.130 e. The number of nitrogen functional groups attached to an aromatic ring is 1. The Hall–Kier alpha value is -1.12. The van der Waals surface area contributed by atoms with Gasteiger partial charge in [-0.3, -0.25) is 0 Å². The Labute approximate surface area is 89.3 Å². The molecule has 0 saturated carbocycles. The van der Waals surface area contributed by atoms with Crippen LogP contribution in [-0.4, -0.2) is 0 Å². The standard InChI is InChI=1S/C12H17F2N/c1-11(2,13)8-5-9(12(3,4)14)7-10(15)6-8/h5-7H,15H2,1-4H3. The fraction of sp³-hybridized carbons (Fsp3) is 0.500. The Morgan fingerprint density at radius 2 is 1.20 bits per heavy atom. The molecule has 0 aliphatic carbocycles. The van der Waals surface area contributed by atoms with Gasteiger partial charge in [0.05, 0.1) is 0 Å². The van der Waals surface area contributed by atoms with Crippen molar-refractivity contribution in [2.24, 2.45) is 0 Å². The molecule has 0 atom stereocenters. The minimum absolute atomic E-state index is 0.388. The highest BCUT2D eigenvalue weighted by atomic mass is 19.1. The molecule has 3 heteroatoms. The molecule has 0 spiro atoms. The summed E-state index contributed by atoms with van der Waals surface area (Å²) in [5.41, 5.74) is 3.81. The van der Waals surface area contributed by atoms with Gasteiger partial charge in [0.1, 0.15) is 11.3 Å². The lowest BCUT2D eigenvalue weighted by atomic mass is 9.92. The first-order chi connectivity index (χ1) is 6.60. The Balaban J connectivity index is 3.30. The van der Waals surface area contributed by atoms with Crippen LogP contribution in [0.25, 0.3) is 0 Å². The van der Waals surface area contributed by atoms with Crippen LogP contribution in [0.4, 0.5) is 14.5 Å². The Kier molecular flexibility index (Phi) is 2.77. The van der Waals surface area contributed by atoms with Gasteiger partial charge in [-0.1, -0.05) is 0 Å². The van der Waals surface area contributed by atoms with Crippen molar-refractivity contribution in [2.45, 2.75) is 39.0 Å². The Morgan fingerprint density at radius 3 is 1.47 bits per heavy atom. The van der Waals surface area contributed by atoms with E-state index in [-0.39, 0.29) is 0 Å². The average molecular weight is 213 g/mol. The predicted octanol–water partition coefficient (Wildman–Crippen LogP) is 3.68. The van der Waals surface area contributed by atoms with Gasteiger partial charge in [-0.2, -0.15) is 0 Å². The van der Waals surface area contributed by atoms with Crippen LogP contribution in [0.3, 0.4) is 0 Å². The molecule has 0 bridgehead atoms. The molecule has 1 rings (SSSR count). The lowest BCUT2D eigenvalue weighted by molar-refractivity contribution is 0.212. The number of hydrogen-bond donors (Lipinski definition) is 1. The normalized spacial score (nSPS) is 12.9. The van der Waals surface area contributed by atoms with Crippen LogP contribution >= 0.6 is 0 Å². The second kappa shape index (κ2) is 3.47. The summed E-state index contributed by atoms with van der Waals surface area (Å²) in [6.45, 7) is 5.71. The zero-order valence-electron chi connectivity index (χ0n) is 9.57. The van der Waals surface area contributed by atoms with E-state index in [1.165, 1.54) is 45.9 Å².